The van der Waals surface area contributed by atoms with Gasteiger partial charge in [-0.15, -0.1) is 0 Å². The molecule has 0 saturated carbocycles. The Kier molecular flexibility index (Phi) is 6.31. The van der Waals surface area contributed by atoms with Gasteiger partial charge in [0.1, 0.15) is 0 Å². The minimum Gasteiger partial charge on any atom is -0.349 e. The van der Waals surface area contributed by atoms with Crippen LogP contribution < -0.4 is 5.32 Å². The van der Waals surface area contributed by atoms with Gasteiger partial charge in [-0.05, 0) is 71.3 Å². The summed E-state index contributed by atoms with van der Waals surface area (Å²) in [7, 11) is 0. The zero-order chi connectivity index (χ0) is 15.2. The predicted octanol–water partition coefficient (Wildman–Crippen LogP) is 3.48. The van der Waals surface area contributed by atoms with Gasteiger partial charge in [0.15, 0.2) is 0 Å². The van der Waals surface area contributed by atoms with E-state index in [1.165, 1.54) is 62.3 Å². The number of hydrogen-bond acceptors (Lipinski definition) is 2. The fourth-order valence-corrected chi connectivity index (χ4v) is 3.53. The van der Waals surface area contributed by atoms with E-state index in [2.05, 4.69) is 48.5 Å². The molecule has 0 bridgehead atoms. The second-order valence-corrected chi connectivity index (χ2v) is 6.49. The van der Waals surface area contributed by atoms with Crippen molar-refractivity contribution in [3.8, 4) is 0 Å². The average molecular weight is 291 g/mol. The van der Waals surface area contributed by atoms with Crippen molar-refractivity contribution in [3.63, 3.8) is 0 Å². The molecule has 0 radical (unpaired) electrons. The second-order valence-electron chi connectivity index (χ2n) is 6.49. The van der Waals surface area contributed by atoms with Crippen LogP contribution in [0.15, 0.2) is 6.07 Å². The minimum atomic E-state index is 0.701. The molecule has 0 spiro atoms. The molecule has 1 aromatic rings. The van der Waals surface area contributed by atoms with Crippen LogP contribution in [0.1, 0.15) is 56.5 Å². The van der Waals surface area contributed by atoms with E-state index in [1.54, 1.807) is 0 Å². The normalized spacial score (nSPS) is 17.5. The van der Waals surface area contributed by atoms with Gasteiger partial charge >= 0.3 is 0 Å². The molecule has 2 rings (SSSR count). The van der Waals surface area contributed by atoms with Gasteiger partial charge in [-0.2, -0.15) is 0 Å². The fourth-order valence-electron chi connectivity index (χ4n) is 3.53. The molecule has 0 atom stereocenters. The van der Waals surface area contributed by atoms with E-state index in [0.29, 0.717) is 6.04 Å². The molecule has 1 aliphatic rings. The molecule has 0 unspecified atom stereocenters. The van der Waals surface area contributed by atoms with Crippen molar-refractivity contribution in [1.82, 2.24) is 14.8 Å². The minimum absolute atomic E-state index is 0.701. The molecule has 1 aromatic heterocycles. The van der Waals surface area contributed by atoms with Crippen LogP contribution in [-0.2, 0) is 13.1 Å². The third-order valence-corrected chi connectivity index (χ3v) is 4.99. The molecule has 3 heteroatoms. The van der Waals surface area contributed by atoms with Crippen LogP contribution in [0.2, 0.25) is 0 Å². The second kappa shape index (κ2) is 8.00. The molecule has 120 valence electrons. The first kappa shape index (κ1) is 16.6. The summed E-state index contributed by atoms with van der Waals surface area (Å²) in [5.41, 5.74) is 4.30. The number of aromatic nitrogens is 1. The highest BCUT2D eigenvalue weighted by Gasteiger charge is 2.18. The van der Waals surface area contributed by atoms with Crippen molar-refractivity contribution in [3.05, 3.63) is 23.0 Å². The topological polar surface area (TPSA) is 20.2 Å². The van der Waals surface area contributed by atoms with Crippen LogP contribution in [0.3, 0.4) is 0 Å². The summed E-state index contributed by atoms with van der Waals surface area (Å²) in [4.78, 5) is 2.63. The zero-order valence-electron chi connectivity index (χ0n) is 14.4. The Morgan fingerprint density at radius 2 is 1.90 bits per heavy atom. The third kappa shape index (κ3) is 4.33. The first-order chi connectivity index (χ1) is 10.2. The summed E-state index contributed by atoms with van der Waals surface area (Å²) >= 11 is 0. The molecule has 0 amide bonds. The molecule has 1 saturated heterocycles. The maximum Gasteiger partial charge on any atom is 0.0225 e. The average Bonchev–Trinajstić information content (AvgIpc) is 2.77. The van der Waals surface area contributed by atoms with E-state index in [1.807, 2.05) is 0 Å². The molecule has 3 nitrogen and oxygen atoms in total. The zero-order valence-corrected chi connectivity index (χ0v) is 14.4. The molecule has 1 fully saturated rings. The van der Waals surface area contributed by atoms with Gasteiger partial charge < -0.3 is 14.8 Å². The summed E-state index contributed by atoms with van der Waals surface area (Å²) in [6, 6.07) is 3.05. The van der Waals surface area contributed by atoms with Crippen molar-refractivity contribution in [1.29, 1.82) is 0 Å². The van der Waals surface area contributed by atoms with Gasteiger partial charge in [0.25, 0.3) is 0 Å². The van der Waals surface area contributed by atoms with Gasteiger partial charge in [-0.25, -0.2) is 0 Å². The molecule has 21 heavy (non-hydrogen) atoms. The molecule has 2 heterocycles. The molecule has 1 aliphatic heterocycles. The predicted molar refractivity (Wildman–Crippen MR) is 90.8 cm³/mol. The molecule has 0 aromatic carbocycles. The number of nitrogens with zero attached hydrogens (tertiary/aromatic N) is 2. The Bertz CT molecular complexity index is 428. The van der Waals surface area contributed by atoms with Crippen LogP contribution in [0, 0.1) is 13.8 Å². The molecule has 0 aliphatic carbocycles. The lowest BCUT2D eigenvalue weighted by atomic mass is 10.0. The van der Waals surface area contributed by atoms with Gasteiger partial charge in [-0.3, -0.25) is 0 Å². The quantitative estimate of drug-likeness (QED) is 0.830. The highest BCUT2D eigenvalue weighted by Crippen LogP contribution is 2.16. The van der Waals surface area contributed by atoms with E-state index >= 15 is 0 Å². The van der Waals surface area contributed by atoms with Gasteiger partial charge in [0, 0.05) is 30.5 Å². The lowest BCUT2D eigenvalue weighted by Crippen LogP contribution is -2.42. The van der Waals surface area contributed by atoms with Crippen molar-refractivity contribution >= 4 is 0 Å². The molecule has 1 N–H and O–H groups in total. The Morgan fingerprint density at radius 3 is 2.48 bits per heavy atom. The third-order valence-electron chi connectivity index (χ3n) is 4.99. The monoisotopic (exact) mass is 291 g/mol. The van der Waals surface area contributed by atoms with Gasteiger partial charge in [0.05, 0.1) is 0 Å². The Balaban J connectivity index is 1.77. The number of likely N-dealkylation sites (tertiary alicyclic amines) is 1. The van der Waals surface area contributed by atoms with Crippen LogP contribution in [0.5, 0.6) is 0 Å². The Morgan fingerprint density at radius 1 is 1.19 bits per heavy atom. The summed E-state index contributed by atoms with van der Waals surface area (Å²) in [6.07, 6.45) is 5.26. The number of aryl methyl sites for hydroxylation is 1. The summed E-state index contributed by atoms with van der Waals surface area (Å²) in [6.45, 7) is 14.9. The van der Waals surface area contributed by atoms with E-state index in [0.717, 1.165) is 13.1 Å². The van der Waals surface area contributed by atoms with Crippen LogP contribution in [0.25, 0.3) is 0 Å². The largest absolute Gasteiger partial charge is 0.349 e. The van der Waals surface area contributed by atoms with Crippen molar-refractivity contribution in [2.45, 2.75) is 72.5 Å². The fraction of sp³-hybridized carbons (Fsp3) is 0.778. The highest BCUT2D eigenvalue weighted by atomic mass is 15.1. The molecular weight excluding hydrogens is 258 g/mol. The first-order valence-corrected chi connectivity index (χ1v) is 8.77. The lowest BCUT2D eigenvalue weighted by Gasteiger charge is -2.32. The van der Waals surface area contributed by atoms with E-state index in [-0.39, 0.29) is 0 Å². The standard InChI is InChI=1S/C18H33N3/c1-5-7-10-20-11-8-18(9-12-20)19-14-17-13-15(3)21(6-2)16(17)4/h13,18-19H,5-12,14H2,1-4H3. The molecular formula is C18H33N3. The van der Waals surface area contributed by atoms with E-state index < -0.39 is 0 Å². The summed E-state index contributed by atoms with van der Waals surface area (Å²) in [5.74, 6) is 0. The van der Waals surface area contributed by atoms with Crippen molar-refractivity contribution in [2.75, 3.05) is 19.6 Å². The summed E-state index contributed by atoms with van der Waals surface area (Å²) < 4.78 is 2.41. The van der Waals surface area contributed by atoms with Crippen LogP contribution in [-0.4, -0.2) is 35.1 Å². The van der Waals surface area contributed by atoms with Gasteiger partial charge in [0.2, 0.25) is 0 Å². The Hall–Kier alpha value is -0.800. The van der Waals surface area contributed by atoms with E-state index in [4.69, 9.17) is 0 Å². The maximum absolute atomic E-state index is 3.78. The first-order valence-electron chi connectivity index (χ1n) is 8.77. The smallest absolute Gasteiger partial charge is 0.0225 e. The van der Waals surface area contributed by atoms with Crippen molar-refractivity contribution in [2.24, 2.45) is 0 Å². The number of rotatable bonds is 7. The van der Waals surface area contributed by atoms with Crippen molar-refractivity contribution < 1.29 is 0 Å². The lowest BCUT2D eigenvalue weighted by molar-refractivity contribution is 0.195. The van der Waals surface area contributed by atoms with E-state index in [9.17, 15) is 0 Å². The van der Waals surface area contributed by atoms with Crippen LogP contribution >= 0.6 is 0 Å². The summed E-state index contributed by atoms with van der Waals surface area (Å²) in [5, 5.41) is 3.78. The van der Waals surface area contributed by atoms with Crippen LogP contribution in [0.4, 0.5) is 0 Å². The number of hydrogen-bond donors (Lipinski definition) is 1. The SMILES string of the molecule is CCCCN1CCC(NCc2cc(C)n(CC)c2C)CC1. The Labute approximate surface area is 130 Å². The number of piperidine rings is 1. The van der Waals surface area contributed by atoms with Gasteiger partial charge in [-0.1, -0.05) is 13.3 Å². The highest BCUT2D eigenvalue weighted by molar-refractivity contribution is 5.26. The number of unbranched alkanes of at least 4 members (excludes halogenated alkanes) is 1. The maximum atomic E-state index is 3.78. The number of nitrogens with one attached hydrogen (secondary N) is 1.